The van der Waals surface area contributed by atoms with E-state index >= 15 is 0 Å². The van der Waals surface area contributed by atoms with E-state index in [2.05, 4.69) is 110 Å². The van der Waals surface area contributed by atoms with Gasteiger partial charge in [-0.1, -0.05) is 48.6 Å². The fourth-order valence-corrected chi connectivity index (χ4v) is 3.51. The molecule has 0 N–H and O–H groups in total. The van der Waals surface area contributed by atoms with Gasteiger partial charge in [-0.2, -0.15) is 0 Å². The minimum Gasteiger partial charge on any atom is -0.373 e. The Morgan fingerprint density at radius 1 is 0.724 bits per heavy atom. The molecule has 1 atom stereocenters. The third-order valence-corrected chi connectivity index (χ3v) is 5.31. The van der Waals surface area contributed by atoms with Gasteiger partial charge in [0.15, 0.2) is 0 Å². The van der Waals surface area contributed by atoms with Crippen molar-refractivity contribution >= 4 is 17.5 Å². The Labute approximate surface area is 177 Å². The molecule has 3 heteroatoms. The van der Waals surface area contributed by atoms with Gasteiger partial charge in [0.05, 0.1) is 0 Å². The molecule has 0 saturated carbocycles. The molecule has 156 valence electrons. The number of methoxy groups -OCH3 is 1. The van der Waals surface area contributed by atoms with Crippen molar-refractivity contribution in [2.75, 3.05) is 43.1 Å². The van der Waals surface area contributed by atoms with Crippen molar-refractivity contribution in [2.24, 2.45) is 0 Å². The summed E-state index contributed by atoms with van der Waals surface area (Å²) in [5.74, 6) is 0. The molecule has 29 heavy (non-hydrogen) atoms. The monoisotopic (exact) mass is 392 g/mol. The molecule has 2 aromatic carbocycles. The van der Waals surface area contributed by atoms with Crippen LogP contribution in [0.1, 0.15) is 44.9 Å². The van der Waals surface area contributed by atoms with Gasteiger partial charge >= 0.3 is 0 Å². The average Bonchev–Trinajstić information content (AvgIpc) is 2.77. The molecular weight excluding hydrogens is 356 g/mol. The molecule has 0 heterocycles. The molecule has 0 amide bonds. The summed E-state index contributed by atoms with van der Waals surface area (Å²) in [7, 11) is 1.75. The molecule has 0 saturated heterocycles. The topological polar surface area (TPSA) is 15.7 Å². The maximum atomic E-state index is 5.67. The van der Waals surface area contributed by atoms with E-state index in [4.69, 9.17) is 4.74 Å². The summed E-state index contributed by atoms with van der Waals surface area (Å²) < 4.78 is 5.67. The fourth-order valence-electron chi connectivity index (χ4n) is 3.51. The Balaban J connectivity index is 2.00. The van der Waals surface area contributed by atoms with Crippen molar-refractivity contribution in [1.82, 2.24) is 0 Å². The van der Waals surface area contributed by atoms with E-state index in [1.54, 1.807) is 7.11 Å². The first kappa shape index (κ1) is 22.8. The third kappa shape index (κ3) is 6.50. The van der Waals surface area contributed by atoms with E-state index in [9.17, 15) is 0 Å². The van der Waals surface area contributed by atoms with Crippen molar-refractivity contribution in [3.8, 4) is 0 Å². The largest absolute Gasteiger partial charge is 0.373 e. The molecule has 0 aliphatic heterocycles. The lowest BCUT2D eigenvalue weighted by atomic mass is 10.1. The van der Waals surface area contributed by atoms with Crippen LogP contribution >= 0.6 is 0 Å². The smallest absolute Gasteiger partial charge is 0.101 e. The summed E-state index contributed by atoms with van der Waals surface area (Å²) in [5, 5.41) is 0. The van der Waals surface area contributed by atoms with Crippen LogP contribution in [0.2, 0.25) is 0 Å². The van der Waals surface area contributed by atoms with E-state index in [-0.39, 0.29) is 6.10 Å². The van der Waals surface area contributed by atoms with E-state index in [1.165, 1.54) is 16.9 Å². The summed E-state index contributed by atoms with van der Waals surface area (Å²) >= 11 is 0. The number of ether oxygens (including phenoxy) is 1. The normalized spacial score (nSPS) is 12.6. The van der Waals surface area contributed by atoms with Crippen LogP contribution in [0.3, 0.4) is 0 Å². The standard InChI is InChI=1S/C26H36N2O/c1-6-27(7-2)24-18-14-22(15-19-24)12-10-11-13-26(29-5)23-16-20-25(21-17-23)28(8-3)9-4/h10-21,26H,6-9H2,1-5H3. The number of benzene rings is 2. The molecule has 0 fully saturated rings. The van der Waals surface area contributed by atoms with Crippen LogP contribution in [0, 0.1) is 0 Å². The first-order valence-electron chi connectivity index (χ1n) is 10.7. The first-order chi connectivity index (χ1) is 14.2. The van der Waals surface area contributed by atoms with Crippen LogP contribution in [0.5, 0.6) is 0 Å². The van der Waals surface area contributed by atoms with E-state index < -0.39 is 0 Å². The van der Waals surface area contributed by atoms with Crippen molar-refractivity contribution in [3.63, 3.8) is 0 Å². The van der Waals surface area contributed by atoms with Gasteiger partial charge in [-0.3, -0.25) is 0 Å². The second-order valence-electron chi connectivity index (χ2n) is 6.93. The highest BCUT2D eigenvalue weighted by atomic mass is 16.5. The summed E-state index contributed by atoms with van der Waals surface area (Å²) in [6, 6.07) is 17.4. The number of hydrogen-bond acceptors (Lipinski definition) is 3. The second kappa shape index (κ2) is 12.1. The molecule has 3 nitrogen and oxygen atoms in total. The van der Waals surface area contributed by atoms with E-state index in [0.29, 0.717) is 0 Å². The van der Waals surface area contributed by atoms with Gasteiger partial charge in [-0.25, -0.2) is 0 Å². The average molecular weight is 393 g/mol. The van der Waals surface area contributed by atoms with Gasteiger partial charge in [0.2, 0.25) is 0 Å². The van der Waals surface area contributed by atoms with Gasteiger partial charge in [0.1, 0.15) is 6.10 Å². The van der Waals surface area contributed by atoms with Crippen LogP contribution in [-0.4, -0.2) is 33.3 Å². The number of nitrogens with zero attached hydrogens (tertiary/aromatic N) is 2. The van der Waals surface area contributed by atoms with Gasteiger partial charge in [0, 0.05) is 44.7 Å². The Hall–Kier alpha value is -2.52. The van der Waals surface area contributed by atoms with Crippen LogP contribution in [0.15, 0.2) is 66.8 Å². The highest BCUT2D eigenvalue weighted by molar-refractivity contribution is 5.57. The zero-order valence-corrected chi connectivity index (χ0v) is 18.6. The highest BCUT2D eigenvalue weighted by Crippen LogP contribution is 2.22. The molecule has 1 unspecified atom stereocenters. The molecule has 0 spiro atoms. The SMILES string of the molecule is CCN(CC)c1ccc(C=CC=CC(OC)c2ccc(N(CC)CC)cc2)cc1. The van der Waals surface area contributed by atoms with Crippen LogP contribution < -0.4 is 9.80 Å². The van der Waals surface area contributed by atoms with Crippen molar-refractivity contribution in [1.29, 1.82) is 0 Å². The maximum Gasteiger partial charge on any atom is 0.101 e. The number of hydrogen-bond donors (Lipinski definition) is 0. The Morgan fingerprint density at radius 3 is 1.66 bits per heavy atom. The second-order valence-corrected chi connectivity index (χ2v) is 6.93. The molecule has 2 aromatic rings. The summed E-state index contributed by atoms with van der Waals surface area (Å²) in [4.78, 5) is 4.69. The zero-order chi connectivity index (χ0) is 21.1. The van der Waals surface area contributed by atoms with Crippen molar-refractivity contribution in [2.45, 2.75) is 33.8 Å². The van der Waals surface area contributed by atoms with Gasteiger partial charge in [-0.05, 0) is 63.1 Å². The summed E-state index contributed by atoms with van der Waals surface area (Å²) in [6.07, 6.45) is 8.30. The number of anilines is 2. The predicted octanol–water partition coefficient (Wildman–Crippen LogP) is 6.34. The summed E-state index contributed by atoms with van der Waals surface area (Å²) in [5.41, 5.74) is 4.89. The molecule has 2 rings (SSSR count). The lowest BCUT2D eigenvalue weighted by Gasteiger charge is -2.21. The summed E-state index contributed by atoms with van der Waals surface area (Å²) in [6.45, 7) is 12.8. The van der Waals surface area contributed by atoms with Crippen LogP contribution in [-0.2, 0) is 4.74 Å². The van der Waals surface area contributed by atoms with Crippen LogP contribution in [0.25, 0.3) is 6.08 Å². The van der Waals surface area contributed by atoms with Gasteiger partial charge in [0.25, 0.3) is 0 Å². The highest BCUT2D eigenvalue weighted by Gasteiger charge is 2.07. The van der Waals surface area contributed by atoms with E-state index in [0.717, 1.165) is 31.7 Å². The van der Waals surface area contributed by atoms with Gasteiger partial charge < -0.3 is 14.5 Å². The quantitative estimate of drug-likeness (QED) is 0.415. The minimum absolute atomic E-state index is 0.0459. The lowest BCUT2D eigenvalue weighted by molar-refractivity contribution is 0.143. The predicted molar refractivity (Wildman–Crippen MR) is 128 cm³/mol. The van der Waals surface area contributed by atoms with E-state index in [1.807, 2.05) is 0 Å². The number of allylic oxidation sites excluding steroid dienone is 2. The Morgan fingerprint density at radius 2 is 1.21 bits per heavy atom. The molecule has 0 aliphatic rings. The van der Waals surface area contributed by atoms with Crippen LogP contribution in [0.4, 0.5) is 11.4 Å². The third-order valence-electron chi connectivity index (χ3n) is 5.31. The zero-order valence-electron chi connectivity index (χ0n) is 18.6. The Kier molecular flexibility index (Phi) is 9.52. The molecule has 0 aromatic heterocycles. The fraction of sp³-hybridized carbons (Fsp3) is 0.385. The lowest BCUT2D eigenvalue weighted by Crippen LogP contribution is -2.21. The van der Waals surface area contributed by atoms with Crippen molar-refractivity contribution in [3.05, 3.63) is 77.9 Å². The molecule has 0 radical (unpaired) electrons. The molecule has 0 bridgehead atoms. The molecular formula is C26H36N2O. The Bertz CT molecular complexity index is 754. The van der Waals surface area contributed by atoms with Crippen molar-refractivity contribution < 1.29 is 4.74 Å². The number of rotatable bonds is 11. The maximum absolute atomic E-state index is 5.67. The minimum atomic E-state index is -0.0459. The molecule has 0 aliphatic carbocycles. The van der Waals surface area contributed by atoms with Gasteiger partial charge in [-0.15, -0.1) is 0 Å². The first-order valence-corrected chi connectivity index (χ1v) is 10.7.